The van der Waals surface area contributed by atoms with Crippen molar-refractivity contribution in [1.82, 2.24) is 30.4 Å². The van der Waals surface area contributed by atoms with Crippen LogP contribution in [0.15, 0.2) is 73.1 Å². The van der Waals surface area contributed by atoms with E-state index in [1.54, 1.807) is 12.4 Å². The van der Waals surface area contributed by atoms with Crippen LogP contribution in [0, 0.1) is 11.8 Å². The van der Waals surface area contributed by atoms with Gasteiger partial charge in [-0.15, -0.1) is 0 Å². The van der Waals surface area contributed by atoms with Gasteiger partial charge in [0.1, 0.15) is 11.6 Å². The second-order valence-corrected chi connectivity index (χ2v) is 9.62. The minimum Gasteiger partial charge on any atom is -0.299 e. The Labute approximate surface area is 215 Å². The summed E-state index contributed by atoms with van der Waals surface area (Å²) in [5, 5.41) is 17.2. The summed E-state index contributed by atoms with van der Waals surface area (Å²) in [6.07, 6.45) is 7.38. The van der Waals surface area contributed by atoms with Crippen molar-refractivity contribution in [3.8, 4) is 0 Å². The maximum atomic E-state index is 12.3. The van der Waals surface area contributed by atoms with E-state index in [0.29, 0.717) is 36.1 Å². The molecule has 0 aliphatic heterocycles. The third-order valence-corrected chi connectivity index (χ3v) is 6.53. The first-order valence-electron chi connectivity index (χ1n) is 12.6. The highest BCUT2D eigenvalue weighted by Gasteiger charge is 2.37. The quantitative estimate of drug-likeness (QED) is 0.296. The molecular formula is C29H28N6O2. The Hall–Kier alpha value is -4.20. The van der Waals surface area contributed by atoms with Crippen LogP contribution < -0.4 is 0 Å². The Morgan fingerprint density at radius 3 is 1.32 bits per heavy atom. The van der Waals surface area contributed by atoms with Gasteiger partial charge in [-0.1, -0.05) is 12.1 Å². The summed E-state index contributed by atoms with van der Waals surface area (Å²) in [6.45, 7) is 0. The summed E-state index contributed by atoms with van der Waals surface area (Å²) in [5.41, 5.74) is 4.80. The van der Waals surface area contributed by atoms with Crippen molar-refractivity contribution in [3.63, 3.8) is 0 Å². The van der Waals surface area contributed by atoms with Crippen molar-refractivity contribution < 1.29 is 9.59 Å². The predicted octanol–water partition coefficient (Wildman–Crippen LogP) is 3.19. The molecule has 4 aromatic rings. The zero-order valence-electron chi connectivity index (χ0n) is 20.5. The summed E-state index contributed by atoms with van der Waals surface area (Å²) >= 11 is 0. The summed E-state index contributed by atoms with van der Waals surface area (Å²) in [5.74, 6) is 1.25. The molecule has 0 N–H and O–H groups in total. The molecule has 1 saturated carbocycles. The van der Waals surface area contributed by atoms with E-state index >= 15 is 0 Å². The second kappa shape index (κ2) is 11.7. The number of ketones is 2. The lowest BCUT2D eigenvalue weighted by Crippen LogP contribution is -2.10. The Balaban J connectivity index is 1.04. The molecule has 0 spiro atoms. The molecule has 8 nitrogen and oxygen atoms in total. The summed E-state index contributed by atoms with van der Waals surface area (Å²) in [7, 11) is 0. The number of hydrogen-bond donors (Lipinski definition) is 0. The van der Waals surface area contributed by atoms with Gasteiger partial charge in [-0.3, -0.25) is 19.6 Å². The van der Waals surface area contributed by atoms with Gasteiger partial charge in [0, 0.05) is 36.6 Å². The molecule has 37 heavy (non-hydrogen) atoms. The molecular weight excluding hydrogens is 464 g/mol. The summed E-state index contributed by atoms with van der Waals surface area (Å²) in [4.78, 5) is 33.0. The average molecular weight is 493 g/mol. The Kier molecular flexibility index (Phi) is 7.74. The molecule has 4 heterocycles. The SMILES string of the molecule is O=C(Cc1ccccn1)Cc1ccc(C[C@H]2C[C@@H]2Cc2ccc(CC(=O)Cc3ccccn3)nn2)nn1. The summed E-state index contributed by atoms with van der Waals surface area (Å²) in [6, 6.07) is 18.9. The minimum atomic E-state index is 0.0766. The zero-order chi connectivity index (χ0) is 25.5. The van der Waals surface area contributed by atoms with E-state index in [0.717, 1.165) is 42.0 Å². The number of pyridine rings is 2. The number of carbonyl (C=O) groups excluding carboxylic acids is 2. The first-order valence-corrected chi connectivity index (χ1v) is 12.6. The normalized spacial score (nSPS) is 16.3. The first kappa shape index (κ1) is 24.5. The van der Waals surface area contributed by atoms with Gasteiger partial charge in [-0.05, 0) is 79.6 Å². The number of nitrogens with zero attached hydrogens (tertiary/aromatic N) is 6. The van der Waals surface area contributed by atoms with Crippen LogP contribution in [-0.4, -0.2) is 41.9 Å². The molecule has 0 saturated heterocycles. The highest BCUT2D eigenvalue weighted by atomic mass is 16.1. The van der Waals surface area contributed by atoms with Crippen LogP contribution in [-0.2, 0) is 48.1 Å². The van der Waals surface area contributed by atoms with Crippen molar-refractivity contribution in [2.75, 3.05) is 0 Å². The van der Waals surface area contributed by atoms with Gasteiger partial charge in [0.2, 0.25) is 0 Å². The van der Waals surface area contributed by atoms with E-state index in [9.17, 15) is 9.59 Å². The topological polar surface area (TPSA) is 111 Å². The molecule has 186 valence electrons. The number of aromatic nitrogens is 6. The van der Waals surface area contributed by atoms with Crippen LogP contribution in [0.25, 0.3) is 0 Å². The van der Waals surface area contributed by atoms with Crippen molar-refractivity contribution in [3.05, 3.63) is 107 Å². The van der Waals surface area contributed by atoms with Gasteiger partial charge in [0.25, 0.3) is 0 Å². The standard InChI is InChI=1S/C29H28N6O2/c36-28(16-22-5-1-3-11-30-22)18-26-9-7-24(32-34-26)14-20-13-21(20)15-25-8-10-27(35-33-25)19-29(37)17-23-6-2-4-12-31-23/h1-12,20-21H,13-19H2/t20-,21-/m1/s1. The van der Waals surface area contributed by atoms with Crippen LogP contribution in [0.3, 0.4) is 0 Å². The monoisotopic (exact) mass is 492 g/mol. The number of hydrogen-bond acceptors (Lipinski definition) is 8. The molecule has 5 rings (SSSR count). The molecule has 0 bridgehead atoms. The molecule has 1 aliphatic carbocycles. The Morgan fingerprint density at radius 1 is 0.541 bits per heavy atom. The van der Waals surface area contributed by atoms with Crippen molar-refractivity contribution in [2.45, 2.75) is 44.9 Å². The Bertz CT molecular complexity index is 1220. The van der Waals surface area contributed by atoms with Crippen LogP contribution in [0.5, 0.6) is 0 Å². The van der Waals surface area contributed by atoms with Gasteiger partial charge < -0.3 is 0 Å². The van der Waals surface area contributed by atoms with Gasteiger partial charge in [-0.2, -0.15) is 20.4 Å². The number of rotatable bonds is 12. The van der Waals surface area contributed by atoms with E-state index in [1.165, 1.54) is 0 Å². The van der Waals surface area contributed by atoms with Crippen molar-refractivity contribution in [2.24, 2.45) is 11.8 Å². The molecule has 0 radical (unpaired) electrons. The van der Waals surface area contributed by atoms with E-state index < -0.39 is 0 Å². The molecule has 0 aromatic carbocycles. The van der Waals surface area contributed by atoms with Crippen LogP contribution in [0.2, 0.25) is 0 Å². The average Bonchev–Trinajstić information content (AvgIpc) is 3.64. The van der Waals surface area contributed by atoms with Gasteiger partial charge in [-0.25, -0.2) is 0 Å². The van der Waals surface area contributed by atoms with Crippen LogP contribution in [0.4, 0.5) is 0 Å². The maximum absolute atomic E-state index is 12.3. The lowest BCUT2D eigenvalue weighted by molar-refractivity contribution is -0.118. The molecule has 0 amide bonds. The zero-order valence-corrected chi connectivity index (χ0v) is 20.5. The van der Waals surface area contributed by atoms with Gasteiger partial charge >= 0.3 is 0 Å². The van der Waals surface area contributed by atoms with Crippen LogP contribution >= 0.6 is 0 Å². The molecule has 0 unspecified atom stereocenters. The highest BCUT2D eigenvalue weighted by molar-refractivity contribution is 5.82. The van der Waals surface area contributed by atoms with E-state index in [1.807, 2.05) is 60.7 Å². The molecule has 4 aromatic heterocycles. The maximum Gasteiger partial charge on any atom is 0.144 e. The highest BCUT2D eigenvalue weighted by Crippen LogP contribution is 2.42. The fraction of sp³-hybridized carbons (Fsp3) is 0.310. The van der Waals surface area contributed by atoms with Crippen molar-refractivity contribution in [1.29, 1.82) is 0 Å². The molecule has 8 heteroatoms. The lowest BCUT2D eigenvalue weighted by atomic mass is 10.1. The fourth-order valence-corrected chi connectivity index (χ4v) is 4.47. The molecule has 1 aliphatic rings. The first-order chi connectivity index (χ1) is 18.1. The Morgan fingerprint density at radius 2 is 0.946 bits per heavy atom. The lowest BCUT2D eigenvalue weighted by Gasteiger charge is -2.04. The van der Waals surface area contributed by atoms with E-state index in [2.05, 4.69) is 30.4 Å². The molecule has 1 fully saturated rings. The number of carbonyl (C=O) groups is 2. The largest absolute Gasteiger partial charge is 0.299 e. The van der Waals surface area contributed by atoms with Crippen LogP contribution in [0.1, 0.15) is 40.6 Å². The van der Waals surface area contributed by atoms with E-state index in [-0.39, 0.29) is 24.4 Å². The van der Waals surface area contributed by atoms with E-state index in [4.69, 9.17) is 0 Å². The van der Waals surface area contributed by atoms with Crippen molar-refractivity contribution >= 4 is 11.6 Å². The molecule has 2 atom stereocenters. The third kappa shape index (κ3) is 7.39. The summed E-state index contributed by atoms with van der Waals surface area (Å²) < 4.78 is 0. The minimum absolute atomic E-state index is 0.0766. The van der Waals surface area contributed by atoms with Gasteiger partial charge in [0.15, 0.2) is 0 Å². The third-order valence-electron chi connectivity index (χ3n) is 6.53. The number of Topliss-reactive ketones (excluding diaryl/α,β-unsaturated/α-hetero) is 2. The smallest absolute Gasteiger partial charge is 0.144 e. The predicted molar refractivity (Wildman–Crippen MR) is 136 cm³/mol. The fourth-order valence-electron chi connectivity index (χ4n) is 4.47. The van der Waals surface area contributed by atoms with Gasteiger partial charge in [0.05, 0.1) is 35.6 Å². The second-order valence-electron chi connectivity index (χ2n) is 9.62.